The number of benzene rings is 3. The highest BCUT2D eigenvalue weighted by atomic mass is 35.5. The minimum atomic E-state index is -0.924. The van der Waals surface area contributed by atoms with Gasteiger partial charge in [-0.05, 0) is 146 Å². The summed E-state index contributed by atoms with van der Waals surface area (Å²) in [4.78, 5) is 94.6. The number of nitrogens with zero attached hydrogens (tertiary/aromatic N) is 2. The van der Waals surface area contributed by atoms with Gasteiger partial charge in [-0.3, -0.25) is 24.0 Å². The van der Waals surface area contributed by atoms with Crippen molar-refractivity contribution in [1.82, 2.24) is 15.1 Å². The Morgan fingerprint density at radius 1 is 0.563 bits per heavy atom. The number of carbonyl (C=O) groups excluding carboxylic acids is 7. The van der Waals surface area contributed by atoms with E-state index in [0.717, 1.165) is 11.1 Å². The number of aromatic hydroxyl groups is 1. The van der Waals surface area contributed by atoms with Crippen molar-refractivity contribution in [3.05, 3.63) is 102 Å². The van der Waals surface area contributed by atoms with Gasteiger partial charge in [-0.15, -0.1) is 12.4 Å². The van der Waals surface area contributed by atoms with E-state index in [9.17, 15) is 38.7 Å². The molecule has 20 nitrogen and oxygen atoms in total. The minimum Gasteiger partial charge on any atom is -0.508 e. The largest absolute Gasteiger partial charge is 0.508 e. The van der Waals surface area contributed by atoms with Crippen molar-refractivity contribution in [2.45, 2.75) is 186 Å². The van der Waals surface area contributed by atoms with Gasteiger partial charge in [-0.25, -0.2) is 9.59 Å². The quantitative estimate of drug-likeness (QED) is 0.0413. The lowest BCUT2D eigenvalue weighted by atomic mass is 9.78. The molecule has 0 bridgehead atoms. The second kappa shape index (κ2) is 35.1. The Labute approximate surface area is 519 Å². The summed E-state index contributed by atoms with van der Waals surface area (Å²) in [5.41, 5.74) is 8.12. The van der Waals surface area contributed by atoms with Crippen LogP contribution in [0.1, 0.15) is 135 Å². The fourth-order valence-electron chi connectivity index (χ4n) is 11.6. The monoisotopic (exact) mass is 1230 g/mol. The molecule has 4 N–H and O–H groups in total. The molecule has 0 aromatic heterocycles. The maximum atomic E-state index is 14.3. The van der Waals surface area contributed by atoms with E-state index in [4.69, 9.17) is 43.6 Å². The van der Waals surface area contributed by atoms with Crippen LogP contribution in [0.3, 0.4) is 0 Å². The van der Waals surface area contributed by atoms with Crippen LogP contribution in [0, 0.1) is 23.7 Å². The van der Waals surface area contributed by atoms with Gasteiger partial charge in [0.2, 0.25) is 17.7 Å². The molecule has 87 heavy (non-hydrogen) atoms. The Morgan fingerprint density at radius 2 is 0.989 bits per heavy atom. The van der Waals surface area contributed by atoms with Crippen LogP contribution in [0.4, 0.5) is 0 Å². The minimum absolute atomic E-state index is 0. The van der Waals surface area contributed by atoms with Gasteiger partial charge >= 0.3 is 23.9 Å². The van der Waals surface area contributed by atoms with E-state index in [1.165, 1.54) is 36.2 Å². The number of amides is 3. The highest BCUT2D eigenvalue weighted by Gasteiger charge is 2.47. The third-order valence-electron chi connectivity index (χ3n) is 16.0. The van der Waals surface area contributed by atoms with Gasteiger partial charge in [-0.1, -0.05) is 72.8 Å². The Hall–Kier alpha value is -6.16. The van der Waals surface area contributed by atoms with Crippen LogP contribution in [0.2, 0.25) is 0 Å². The summed E-state index contributed by atoms with van der Waals surface area (Å²) >= 11 is 0. The summed E-state index contributed by atoms with van der Waals surface area (Å²) in [5.74, 6) is -3.21. The Kier molecular flexibility index (Phi) is 28.9. The molecule has 4 aliphatic rings. The number of hydrogen-bond acceptors (Lipinski definition) is 17. The zero-order chi connectivity index (χ0) is 62.4. The molecule has 3 amide bonds. The number of nitrogens with one attached hydrogen (secondary N) is 1. The van der Waals surface area contributed by atoms with Crippen molar-refractivity contribution >= 4 is 54.0 Å². The average molecular weight is 1240 g/mol. The second-order valence-electron chi connectivity index (χ2n) is 25.0. The number of ether oxygens (including phenoxy) is 8. The number of hydrogen-bond donors (Lipinski definition) is 3. The van der Waals surface area contributed by atoms with E-state index in [1.807, 2.05) is 102 Å². The van der Waals surface area contributed by atoms with E-state index in [0.29, 0.717) is 122 Å². The number of likely N-dealkylation sites (tertiary alicyclic amines) is 2. The van der Waals surface area contributed by atoms with Gasteiger partial charge in [-0.2, -0.15) is 0 Å². The van der Waals surface area contributed by atoms with Crippen LogP contribution in [-0.4, -0.2) is 158 Å². The molecule has 482 valence electrons. The fourth-order valence-corrected chi connectivity index (χ4v) is 11.6. The first-order valence-electron chi connectivity index (χ1n) is 30.5. The maximum Gasteiger partial charge on any atom is 0.328 e. The fraction of sp³-hybridized carbons (Fsp3) is 0.621. The smallest absolute Gasteiger partial charge is 0.328 e. The number of methoxy groups -OCH3 is 2. The van der Waals surface area contributed by atoms with E-state index in [2.05, 4.69) is 5.32 Å². The zero-order valence-corrected chi connectivity index (χ0v) is 53.0. The highest BCUT2D eigenvalue weighted by molar-refractivity contribution is 5.92. The third-order valence-corrected chi connectivity index (χ3v) is 16.0. The molecule has 6 atom stereocenters. The van der Waals surface area contributed by atoms with Crippen LogP contribution in [-0.2, 0) is 91.1 Å². The Balaban J connectivity index is 0.000000322. The van der Waals surface area contributed by atoms with Gasteiger partial charge in [0.05, 0.1) is 63.9 Å². The molecule has 7 rings (SSSR count). The number of carbonyl (C=O) groups is 7. The SMILES string of the molecule is COC(=O)[C@@H]1C[C@@H](OCCCOCc2ccccc2)CN1C(=O)[C@@H](N)C1CCC(C(=O)OC(C)(C)C)CC1.COC(=O)[C@@H]1C[C@@H](OCCCOCc2ccccc2)CN1C(=O)[C@@H](NC(=O)Cc1cccc(O)c1)C1CCC(C(=O)OC(C)(C)C)CC1.Cl. The lowest BCUT2D eigenvalue weighted by molar-refractivity contribution is -0.162. The van der Waals surface area contributed by atoms with Gasteiger partial charge in [0.25, 0.3) is 0 Å². The Bertz CT molecular complexity index is 2640. The molecule has 3 aromatic carbocycles. The highest BCUT2D eigenvalue weighted by Crippen LogP contribution is 2.36. The molecule has 2 aliphatic heterocycles. The van der Waals surface area contributed by atoms with E-state index in [1.54, 1.807) is 12.1 Å². The summed E-state index contributed by atoms with van der Waals surface area (Å²) in [6.45, 7) is 14.5. The summed E-state index contributed by atoms with van der Waals surface area (Å²) < 4.78 is 44.7. The lowest BCUT2D eigenvalue weighted by Gasteiger charge is -2.36. The molecule has 2 saturated carbocycles. The molecule has 0 spiro atoms. The second-order valence-corrected chi connectivity index (χ2v) is 25.0. The molecule has 2 aliphatic carbocycles. The number of halogens is 1. The van der Waals surface area contributed by atoms with Gasteiger partial charge in [0.1, 0.15) is 35.1 Å². The maximum absolute atomic E-state index is 14.3. The van der Waals surface area contributed by atoms with Crippen LogP contribution >= 0.6 is 12.4 Å². The van der Waals surface area contributed by atoms with Crippen LogP contribution < -0.4 is 11.1 Å². The van der Waals surface area contributed by atoms with Crippen molar-refractivity contribution in [3.63, 3.8) is 0 Å². The molecule has 21 heteroatoms. The van der Waals surface area contributed by atoms with Crippen LogP contribution in [0.25, 0.3) is 0 Å². The summed E-state index contributed by atoms with van der Waals surface area (Å²) in [7, 11) is 2.61. The first-order chi connectivity index (χ1) is 41.0. The van der Waals surface area contributed by atoms with Gasteiger partial charge < -0.3 is 63.9 Å². The number of rotatable bonds is 25. The van der Waals surface area contributed by atoms with Gasteiger partial charge in [0, 0.05) is 52.4 Å². The van der Waals surface area contributed by atoms with E-state index >= 15 is 0 Å². The number of phenolic OH excluding ortho intramolecular Hbond substituents is 1. The van der Waals surface area contributed by atoms with Crippen LogP contribution in [0.5, 0.6) is 5.75 Å². The summed E-state index contributed by atoms with van der Waals surface area (Å²) in [5, 5.41) is 12.8. The lowest BCUT2D eigenvalue weighted by Crippen LogP contribution is -2.55. The number of nitrogens with two attached hydrogens (primary N) is 1. The first kappa shape index (κ1) is 71.6. The van der Waals surface area contributed by atoms with E-state index in [-0.39, 0.29) is 97.0 Å². The average Bonchev–Trinajstić information content (AvgIpc) is 2.27. The molecule has 0 unspecified atom stereocenters. The molecule has 0 radical (unpaired) electrons. The van der Waals surface area contributed by atoms with Gasteiger partial charge in [0.15, 0.2) is 0 Å². The molecular formula is C66H95ClN4O16. The number of esters is 4. The molecule has 2 heterocycles. The first-order valence-corrected chi connectivity index (χ1v) is 30.5. The van der Waals surface area contributed by atoms with Crippen LogP contribution in [0.15, 0.2) is 84.9 Å². The summed E-state index contributed by atoms with van der Waals surface area (Å²) in [6, 6.07) is 23.0. The topological polar surface area (TPSA) is 258 Å². The summed E-state index contributed by atoms with van der Waals surface area (Å²) in [6.07, 6.45) is 5.99. The molecule has 3 aromatic rings. The molecule has 2 saturated heterocycles. The Morgan fingerprint density at radius 3 is 1.41 bits per heavy atom. The van der Waals surface area contributed by atoms with Crippen molar-refractivity contribution < 1.29 is 76.6 Å². The van der Waals surface area contributed by atoms with Crippen molar-refractivity contribution in [3.8, 4) is 5.75 Å². The van der Waals surface area contributed by atoms with Crippen molar-refractivity contribution in [2.24, 2.45) is 29.4 Å². The predicted molar refractivity (Wildman–Crippen MR) is 327 cm³/mol. The predicted octanol–water partition coefficient (Wildman–Crippen LogP) is 7.98. The van der Waals surface area contributed by atoms with Crippen molar-refractivity contribution in [1.29, 1.82) is 0 Å². The van der Waals surface area contributed by atoms with Crippen molar-refractivity contribution in [2.75, 3.05) is 53.7 Å². The molecular weight excluding hydrogens is 1140 g/mol. The molecule has 4 fully saturated rings. The zero-order valence-electron chi connectivity index (χ0n) is 52.2. The number of phenols is 1. The standard InChI is InChI=1S/C37H50N2O9.C29H44N2O7.ClH/c1-37(2,3)48-35(43)28-16-14-27(15-17-28)33(38-32(41)21-26-12-8-13-29(40)20-26)34(42)39-23-30(22-31(39)36(44)45-4)47-19-9-18-46-24-25-10-6-5-7-11-25;1-29(2,3)38-27(33)22-13-11-21(12-14-22)25(30)26(32)31-18-23(17-24(31)28(34)35-4)37-16-8-15-36-19-20-9-6-5-7-10-20;/h5-8,10-13,20,27-28,30-31,33,40H,9,14-19,21-24H2,1-4H3,(H,38,41);5-7,9-10,21-25H,8,11-19,30H2,1-4H3;1H/t27?,28?,30-,31+,33+;21?,22?,23-,24+,25+;/m11./s1. The third kappa shape index (κ3) is 23.4. The van der Waals surface area contributed by atoms with E-state index < -0.39 is 53.4 Å². The normalized spacial score (nSPS) is 22.7.